The van der Waals surface area contributed by atoms with Gasteiger partial charge >= 0.3 is 12.5 Å². The first-order chi connectivity index (χ1) is 16.1. The Balaban J connectivity index is 1.60. The second-order valence-electron chi connectivity index (χ2n) is 7.54. The molecule has 0 aliphatic carbocycles. The molecule has 0 N–H and O–H groups in total. The van der Waals surface area contributed by atoms with Crippen LogP contribution in [-0.2, 0) is 16.4 Å². The Morgan fingerprint density at radius 3 is 2.38 bits per heavy atom. The number of nitrogens with zero attached hydrogens (tertiary/aromatic N) is 4. The van der Waals surface area contributed by atoms with Gasteiger partial charge in [-0.3, -0.25) is 4.90 Å². The topological polar surface area (TPSA) is 96.6 Å². The fourth-order valence-electron chi connectivity index (χ4n) is 3.38. The summed E-state index contributed by atoms with van der Waals surface area (Å²) in [4.78, 5) is 16.0. The number of hydrogen-bond acceptors (Lipinski definition) is 6. The lowest BCUT2D eigenvalue weighted by atomic mass is 10.1. The largest absolute Gasteiger partial charge is 0.415 e. The quantitative estimate of drug-likeness (QED) is 0.503. The Bertz CT molecular complexity index is 1290. The van der Waals surface area contributed by atoms with E-state index < -0.39 is 34.0 Å². The van der Waals surface area contributed by atoms with Crippen molar-refractivity contribution in [1.82, 2.24) is 15.1 Å². The summed E-state index contributed by atoms with van der Waals surface area (Å²) in [6.07, 6.45) is -2.95. The minimum Gasteiger partial charge on any atom is -0.415 e. The van der Waals surface area contributed by atoms with Crippen LogP contribution in [0.5, 0.6) is 0 Å². The number of carbonyl (C=O) groups is 1. The molecule has 34 heavy (non-hydrogen) atoms. The summed E-state index contributed by atoms with van der Waals surface area (Å²) in [5.41, 5.74) is 0.668. The number of aromatic nitrogens is 2. The van der Waals surface area contributed by atoms with Gasteiger partial charge in [-0.1, -0.05) is 17.7 Å². The van der Waals surface area contributed by atoms with Gasteiger partial charge in [0, 0.05) is 34.9 Å². The number of rotatable bonds is 5. The molecule has 2 aromatic carbocycles. The lowest BCUT2D eigenvalue weighted by Crippen LogP contribution is -2.49. The molecule has 1 aromatic heterocycles. The van der Waals surface area contributed by atoms with E-state index in [2.05, 4.69) is 10.2 Å². The lowest BCUT2D eigenvalue weighted by Gasteiger charge is -2.33. The van der Waals surface area contributed by atoms with E-state index in [4.69, 9.17) is 16.0 Å². The van der Waals surface area contributed by atoms with E-state index in [1.807, 2.05) is 0 Å². The Morgan fingerprint density at radius 1 is 1.12 bits per heavy atom. The molecular formula is C21H18ClF3N4O4S. The second kappa shape index (κ2) is 9.63. The first-order valence-corrected chi connectivity index (χ1v) is 12.3. The third-order valence-corrected chi connectivity index (χ3v) is 7.10. The summed E-state index contributed by atoms with van der Waals surface area (Å²) in [5.74, 6) is -2.16. The van der Waals surface area contributed by atoms with E-state index in [0.717, 1.165) is 6.07 Å². The van der Waals surface area contributed by atoms with Crippen LogP contribution in [0.25, 0.3) is 11.5 Å². The standard InChI is InChI=1S/C21H18ClF3N4O4S/c22-15-3-5-16(6-4-15)29(21(30)28-7-9-34(31,32)10-8-28)12-14-2-1-13(11-17(14)23)19-26-27-20(33-19)18(24)25/h1-6,11,18H,7-10,12H2. The number of sulfone groups is 1. The Morgan fingerprint density at radius 2 is 1.79 bits per heavy atom. The number of urea groups is 1. The number of hydrogen-bond donors (Lipinski definition) is 0. The molecule has 0 saturated carbocycles. The normalized spacial score (nSPS) is 15.5. The van der Waals surface area contributed by atoms with E-state index in [0.29, 0.717) is 10.7 Å². The molecule has 0 radical (unpaired) electrons. The van der Waals surface area contributed by atoms with Crippen molar-refractivity contribution in [2.45, 2.75) is 13.0 Å². The van der Waals surface area contributed by atoms with Crippen LogP contribution in [0.2, 0.25) is 5.02 Å². The third-order valence-electron chi connectivity index (χ3n) is 5.24. The maximum absolute atomic E-state index is 15.0. The Labute approximate surface area is 197 Å². The van der Waals surface area contributed by atoms with Crippen molar-refractivity contribution in [3.8, 4) is 11.5 Å². The number of benzene rings is 2. The van der Waals surface area contributed by atoms with E-state index in [9.17, 15) is 26.4 Å². The van der Waals surface area contributed by atoms with Crippen LogP contribution in [-0.4, -0.2) is 54.1 Å². The molecule has 1 fully saturated rings. The zero-order valence-corrected chi connectivity index (χ0v) is 19.1. The average molecular weight is 515 g/mol. The second-order valence-corrected chi connectivity index (χ2v) is 10.3. The highest BCUT2D eigenvalue weighted by Crippen LogP contribution is 2.27. The molecular weight excluding hydrogens is 497 g/mol. The predicted octanol–water partition coefficient (Wildman–Crippen LogP) is 4.32. The molecule has 180 valence electrons. The number of anilines is 1. The van der Waals surface area contributed by atoms with Crippen LogP contribution in [0.1, 0.15) is 17.9 Å². The number of carbonyl (C=O) groups excluding carboxylic acids is 1. The molecule has 0 bridgehead atoms. The number of amides is 2. The van der Waals surface area contributed by atoms with Crippen LogP contribution in [0.4, 0.5) is 23.7 Å². The monoisotopic (exact) mass is 514 g/mol. The Hall–Kier alpha value is -3.12. The molecule has 4 rings (SSSR count). The molecule has 0 unspecified atom stereocenters. The summed E-state index contributed by atoms with van der Waals surface area (Å²) in [6.45, 7) is -0.130. The van der Waals surface area contributed by atoms with Crippen LogP contribution in [0.15, 0.2) is 46.9 Å². The predicted molar refractivity (Wildman–Crippen MR) is 118 cm³/mol. The van der Waals surface area contributed by atoms with Gasteiger partial charge in [0.2, 0.25) is 5.89 Å². The van der Waals surface area contributed by atoms with Crippen molar-refractivity contribution in [2.75, 3.05) is 29.5 Å². The average Bonchev–Trinajstić information content (AvgIpc) is 3.29. The molecule has 1 aliphatic heterocycles. The highest BCUT2D eigenvalue weighted by atomic mass is 35.5. The smallest absolute Gasteiger partial charge is 0.324 e. The van der Waals surface area contributed by atoms with Gasteiger partial charge in [0.1, 0.15) is 5.82 Å². The number of alkyl halides is 2. The van der Waals surface area contributed by atoms with E-state index in [1.54, 1.807) is 24.3 Å². The van der Waals surface area contributed by atoms with E-state index >= 15 is 0 Å². The van der Waals surface area contributed by atoms with Gasteiger partial charge in [-0.25, -0.2) is 17.6 Å². The molecule has 0 spiro atoms. The van der Waals surface area contributed by atoms with E-state index in [-0.39, 0.29) is 48.2 Å². The molecule has 8 nitrogen and oxygen atoms in total. The maximum atomic E-state index is 15.0. The molecule has 2 heterocycles. The van der Waals surface area contributed by atoms with E-state index in [1.165, 1.54) is 21.9 Å². The summed E-state index contributed by atoms with van der Waals surface area (Å²) in [6, 6.07) is 9.71. The van der Waals surface area contributed by atoms with Crippen molar-refractivity contribution < 1.29 is 30.8 Å². The van der Waals surface area contributed by atoms with Crippen molar-refractivity contribution in [3.05, 3.63) is 64.8 Å². The highest BCUT2D eigenvalue weighted by molar-refractivity contribution is 7.91. The van der Waals surface area contributed by atoms with Crippen LogP contribution < -0.4 is 4.90 Å². The minimum absolute atomic E-state index is 0.0241. The van der Waals surface area contributed by atoms with Gasteiger partial charge < -0.3 is 9.32 Å². The summed E-state index contributed by atoms with van der Waals surface area (Å²) in [5, 5.41) is 7.17. The zero-order valence-electron chi connectivity index (χ0n) is 17.5. The highest BCUT2D eigenvalue weighted by Gasteiger charge is 2.29. The zero-order chi connectivity index (χ0) is 24.5. The minimum atomic E-state index is -3.20. The van der Waals surface area contributed by atoms with Gasteiger partial charge in [0.05, 0.1) is 18.1 Å². The molecule has 1 aliphatic rings. The first kappa shape index (κ1) is 24.0. The van der Waals surface area contributed by atoms with Crippen LogP contribution in [0.3, 0.4) is 0 Å². The third kappa shape index (κ3) is 5.33. The fourth-order valence-corrected chi connectivity index (χ4v) is 4.71. The van der Waals surface area contributed by atoms with Gasteiger partial charge in [-0.05, 0) is 36.4 Å². The molecule has 0 atom stereocenters. The van der Waals surface area contributed by atoms with Gasteiger partial charge in [0.25, 0.3) is 5.89 Å². The van der Waals surface area contributed by atoms with Crippen molar-refractivity contribution >= 4 is 33.2 Å². The molecule has 13 heteroatoms. The summed E-state index contributed by atoms with van der Waals surface area (Å²) in [7, 11) is -3.20. The maximum Gasteiger partial charge on any atom is 0.324 e. The van der Waals surface area contributed by atoms with Gasteiger partial charge in [-0.15, -0.1) is 10.2 Å². The first-order valence-electron chi connectivity index (χ1n) is 10.1. The van der Waals surface area contributed by atoms with Gasteiger partial charge in [-0.2, -0.15) is 8.78 Å². The molecule has 2 amide bonds. The SMILES string of the molecule is O=C(N1CCS(=O)(=O)CC1)N(Cc1ccc(-c2nnc(C(F)F)o2)cc1F)c1ccc(Cl)cc1. The van der Waals surface area contributed by atoms with Gasteiger partial charge in [0.15, 0.2) is 9.84 Å². The summed E-state index contributed by atoms with van der Waals surface area (Å²) >= 11 is 5.95. The molecule has 1 saturated heterocycles. The Kier molecular flexibility index (Phi) is 6.80. The van der Waals surface area contributed by atoms with Crippen LogP contribution in [0, 0.1) is 5.82 Å². The fraction of sp³-hybridized carbons (Fsp3) is 0.286. The summed E-state index contributed by atoms with van der Waals surface area (Å²) < 4.78 is 68.7. The number of halogens is 4. The van der Waals surface area contributed by atoms with Crippen molar-refractivity contribution in [3.63, 3.8) is 0 Å². The van der Waals surface area contributed by atoms with Crippen molar-refractivity contribution in [1.29, 1.82) is 0 Å². The van der Waals surface area contributed by atoms with Crippen LogP contribution >= 0.6 is 11.6 Å². The lowest BCUT2D eigenvalue weighted by molar-refractivity contribution is 0.116. The van der Waals surface area contributed by atoms with Crippen molar-refractivity contribution in [2.24, 2.45) is 0 Å². The molecule has 3 aromatic rings.